The van der Waals surface area contributed by atoms with E-state index in [0.717, 1.165) is 35.4 Å². The lowest BCUT2D eigenvalue weighted by atomic mass is 9.87. The molecule has 4 aromatic rings. The Hall–Kier alpha value is -3.50. The average Bonchev–Trinajstić information content (AvgIpc) is 3.26. The van der Waals surface area contributed by atoms with E-state index in [4.69, 9.17) is 4.98 Å². The predicted octanol–water partition coefficient (Wildman–Crippen LogP) is 3.79. The summed E-state index contributed by atoms with van der Waals surface area (Å²) in [5.74, 6) is 1.52. The normalized spacial score (nSPS) is 14.8. The number of pyridine rings is 1. The van der Waals surface area contributed by atoms with Crippen LogP contribution in [0.25, 0.3) is 11.0 Å². The molecule has 10 heteroatoms. The molecule has 1 aliphatic rings. The van der Waals surface area contributed by atoms with Gasteiger partial charge >= 0.3 is 0 Å². The molecule has 5 rings (SSSR count). The Balaban J connectivity index is 1.40. The molecule has 0 bridgehead atoms. The summed E-state index contributed by atoms with van der Waals surface area (Å²) in [6.07, 6.45) is 8.83. The summed E-state index contributed by atoms with van der Waals surface area (Å²) in [6.45, 7) is 4.73. The highest BCUT2D eigenvalue weighted by Crippen LogP contribution is 2.30. The number of rotatable bonds is 7. The molecule has 2 N–H and O–H groups in total. The molecule has 188 valence electrons. The number of piperidine rings is 1. The molecule has 1 aliphatic heterocycles. The van der Waals surface area contributed by atoms with Gasteiger partial charge in [-0.3, -0.25) is 4.31 Å². The molecule has 3 aromatic heterocycles. The largest absolute Gasteiger partial charge is 0.328 e. The molecule has 36 heavy (non-hydrogen) atoms. The molecular formula is C26H31N7O2S. The van der Waals surface area contributed by atoms with E-state index in [-0.39, 0.29) is 0 Å². The van der Waals surface area contributed by atoms with Crippen LogP contribution in [0.15, 0.2) is 55.0 Å². The van der Waals surface area contributed by atoms with Crippen LogP contribution in [-0.2, 0) is 16.6 Å². The van der Waals surface area contributed by atoms with E-state index in [0.29, 0.717) is 24.2 Å². The zero-order valence-corrected chi connectivity index (χ0v) is 21.6. The van der Waals surface area contributed by atoms with Gasteiger partial charge in [0.15, 0.2) is 0 Å². The summed E-state index contributed by atoms with van der Waals surface area (Å²) >= 11 is 0. The summed E-state index contributed by atoms with van der Waals surface area (Å²) in [5.41, 5.74) is 5.17. The van der Waals surface area contributed by atoms with Crippen molar-refractivity contribution in [2.24, 2.45) is 0 Å². The number of hydrogen-bond acceptors (Lipinski definition) is 7. The molecule has 0 spiro atoms. The van der Waals surface area contributed by atoms with Gasteiger partial charge in [0.05, 0.1) is 12.8 Å². The summed E-state index contributed by atoms with van der Waals surface area (Å²) in [7, 11) is -1.92. The zero-order chi connectivity index (χ0) is 25.3. The molecule has 0 aliphatic carbocycles. The first kappa shape index (κ1) is 24.2. The number of benzene rings is 1. The van der Waals surface area contributed by atoms with Crippen molar-refractivity contribution in [1.29, 1.82) is 0 Å². The van der Waals surface area contributed by atoms with Crippen molar-refractivity contribution in [3.8, 4) is 0 Å². The highest BCUT2D eigenvalue weighted by atomic mass is 32.2. The SMILES string of the molecule is Cc1cc(Nc2ncc3ccn(Cc4cccnc4N(C)S(C)(=O)=O)c3n2)ccc1C1CCNCC1. The molecule has 0 saturated carbocycles. The fraction of sp³-hybridized carbons (Fsp3) is 0.346. The fourth-order valence-corrected chi connectivity index (χ4v) is 5.29. The van der Waals surface area contributed by atoms with Gasteiger partial charge in [-0.1, -0.05) is 12.1 Å². The van der Waals surface area contributed by atoms with Crippen molar-refractivity contribution in [2.45, 2.75) is 32.2 Å². The quantitative estimate of drug-likeness (QED) is 0.394. The minimum Gasteiger partial charge on any atom is -0.328 e. The van der Waals surface area contributed by atoms with Crippen LogP contribution in [0.2, 0.25) is 0 Å². The third-order valence-corrected chi connectivity index (χ3v) is 7.98. The average molecular weight is 506 g/mol. The van der Waals surface area contributed by atoms with Crippen molar-refractivity contribution in [1.82, 2.24) is 24.8 Å². The van der Waals surface area contributed by atoms with E-state index in [1.807, 2.05) is 22.9 Å². The van der Waals surface area contributed by atoms with Crippen molar-refractivity contribution in [3.05, 3.63) is 71.7 Å². The third-order valence-electron chi connectivity index (χ3n) is 6.81. The van der Waals surface area contributed by atoms with Gasteiger partial charge in [0.25, 0.3) is 0 Å². The van der Waals surface area contributed by atoms with Crippen molar-refractivity contribution < 1.29 is 8.42 Å². The van der Waals surface area contributed by atoms with Gasteiger partial charge in [0, 0.05) is 42.3 Å². The monoisotopic (exact) mass is 505 g/mol. The number of hydrogen-bond donors (Lipinski definition) is 2. The second-order valence-electron chi connectivity index (χ2n) is 9.35. The number of anilines is 3. The van der Waals surface area contributed by atoms with Gasteiger partial charge in [-0.25, -0.2) is 18.4 Å². The number of nitrogens with zero attached hydrogens (tertiary/aromatic N) is 5. The molecule has 0 unspecified atom stereocenters. The first-order valence-corrected chi connectivity index (χ1v) is 13.9. The first-order valence-electron chi connectivity index (χ1n) is 12.1. The number of sulfonamides is 1. The summed E-state index contributed by atoms with van der Waals surface area (Å²) in [5, 5.41) is 7.68. The molecule has 0 amide bonds. The maximum atomic E-state index is 12.1. The number of aryl methyl sites for hydroxylation is 1. The molecule has 1 fully saturated rings. The van der Waals surface area contributed by atoms with E-state index < -0.39 is 10.0 Å². The predicted molar refractivity (Wildman–Crippen MR) is 143 cm³/mol. The molecule has 4 heterocycles. The molecule has 1 aromatic carbocycles. The van der Waals surface area contributed by atoms with Crippen LogP contribution in [0.5, 0.6) is 0 Å². The lowest BCUT2D eigenvalue weighted by Crippen LogP contribution is -2.27. The molecule has 0 atom stereocenters. The van der Waals surface area contributed by atoms with Crippen LogP contribution in [0.4, 0.5) is 17.5 Å². The number of nitrogens with one attached hydrogen (secondary N) is 2. The van der Waals surface area contributed by atoms with Crippen LogP contribution >= 0.6 is 0 Å². The first-order chi connectivity index (χ1) is 17.3. The van der Waals surface area contributed by atoms with Crippen molar-refractivity contribution >= 4 is 38.5 Å². The van der Waals surface area contributed by atoms with Crippen molar-refractivity contribution in [3.63, 3.8) is 0 Å². The standard InChI is InChI=1S/C26H31N7O2S/c1-18-15-22(6-7-23(18)19-8-12-27-13-9-19)30-26-29-16-20-10-14-33(25(20)31-26)17-21-5-4-11-28-24(21)32(2)36(3,34)35/h4-7,10-11,14-16,19,27H,8-9,12-13,17H2,1-3H3,(H,29,30,31). The second kappa shape index (κ2) is 9.87. The Labute approximate surface area is 211 Å². The van der Waals surface area contributed by atoms with Crippen LogP contribution in [-0.4, -0.2) is 54.3 Å². The highest BCUT2D eigenvalue weighted by molar-refractivity contribution is 7.92. The van der Waals surface area contributed by atoms with Gasteiger partial charge in [0.1, 0.15) is 11.5 Å². The van der Waals surface area contributed by atoms with E-state index in [1.54, 1.807) is 18.5 Å². The molecular weight excluding hydrogens is 474 g/mol. The summed E-state index contributed by atoms with van der Waals surface area (Å²) in [4.78, 5) is 13.6. The molecule has 9 nitrogen and oxygen atoms in total. The van der Waals surface area contributed by atoms with Gasteiger partial charge in [-0.05, 0) is 74.2 Å². The lowest BCUT2D eigenvalue weighted by molar-refractivity contribution is 0.459. The van der Waals surface area contributed by atoms with Crippen LogP contribution in [0.1, 0.15) is 35.4 Å². The minimum absolute atomic E-state index is 0.401. The number of fused-ring (bicyclic) bond motifs is 1. The molecule has 0 radical (unpaired) electrons. The van der Waals surface area contributed by atoms with Gasteiger partial charge in [0.2, 0.25) is 16.0 Å². The maximum absolute atomic E-state index is 12.1. The Kier molecular flexibility index (Phi) is 6.63. The van der Waals surface area contributed by atoms with Gasteiger partial charge < -0.3 is 15.2 Å². The van der Waals surface area contributed by atoms with E-state index in [9.17, 15) is 8.42 Å². The number of aromatic nitrogens is 4. The summed E-state index contributed by atoms with van der Waals surface area (Å²) < 4.78 is 27.4. The fourth-order valence-electron chi connectivity index (χ4n) is 4.81. The minimum atomic E-state index is -3.43. The molecule has 1 saturated heterocycles. The van der Waals surface area contributed by atoms with Crippen LogP contribution < -0.4 is 14.9 Å². The zero-order valence-electron chi connectivity index (χ0n) is 20.8. The lowest BCUT2D eigenvalue weighted by Gasteiger charge is -2.24. The Morgan fingerprint density at radius 1 is 1.17 bits per heavy atom. The maximum Gasteiger partial charge on any atom is 0.233 e. The third kappa shape index (κ3) is 5.05. The Morgan fingerprint density at radius 3 is 2.72 bits per heavy atom. The Bertz CT molecular complexity index is 1490. The Morgan fingerprint density at radius 2 is 1.97 bits per heavy atom. The van der Waals surface area contributed by atoms with Crippen LogP contribution in [0, 0.1) is 6.92 Å². The topological polar surface area (TPSA) is 105 Å². The van der Waals surface area contributed by atoms with Crippen molar-refractivity contribution in [2.75, 3.05) is 36.0 Å². The van der Waals surface area contributed by atoms with E-state index in [2.05, 4.69) is 45.7 Å². The van der Waals surface area contributed by atoms with Gasteiger partial charge in [-0.15, -0.1) is 0 Å². The smallest absolute Gasteiger partial charge is 0.233 e. The summed E-state index contributed by atoms with van der Waals surface area (Å²) in [6, 6.07) is 12.1. The van der Waals surface area contributed by atoms with E-state index in [1.165, 1.54) is 41.6 Å². The van der Waals surface area contributed by atoms with Crippen LogP contribution in [0.3, 0.4) is 0 Å². The second-order valence-corrected chi connectivity index (χ2v) is 11.4. The van der Waals surface area contributed by atoms with E-state index >= 15 is 0 Å². The highest BCUT2D eigenvalue weighted by Gasteiger charge is 2.19. The van der Waals surface area contributed by atoms with Gasteiger partial charge in [-0.2, -0.15) is 4.98 Å².